The highest BCUT2D eigenvalue weighted by Crippen LogP contribution is 1.93. The molecule has 0 aliphatic heterocycles. The van der Waals surface area contributed by atoms with E-state index in [1.54, 1.807) is 0 Å². The van der Waals surface area contributed by atoms with E-state index in [2.05, 4.69) is 37.2 Å². The highest BCUT2D eigenvalue weighted by molar-refractivity contribution is 4.65. The fourth-order valence-corrected chi connectivity index (χ4v) is 0.320. The van der Waals surface area contributed by atoms with E-state index in [1.807, 2.05) is 6.92 Å². The Morgan fingerprint density at radius 1 is 1.22 bits per heavy atom. The Kier molecular flexibility index (Phi) is 3.77. The monoisotopic (exact) mass is 131 g/mol. The summed E-state index contributed by atoms with van der Waals surface area (Å²) in [6, 6.07) is 0. The summed E-state index contributed by atoms with van der Waals surface area (Å²) in [6.07, 6.45) is 0. The second-order valence-electron chi connectivity index (χ2n) is 3.03. The maximum absolute atomic E-state index is 3.06. The third kappa shape index (κ3) is 7.88. The lowest BCUT2D eigenvalue weighted by Gasteiger charge is -2.20. The van der Waals surface area contributed by atoms with Gasteiger partial charge in [-0.25, -0.2) is 10.9 Å². The van der Waals surface area contributed by atoms with E-state index >= 15 is 0 Å². The number of rotatable bonds is 3. The minimum Gasteiger partial charge on any atom is -0.244 e. The molecule has 0 heterocycles. The highest BCUT2D eigenvalue weighted by Gasteiger charge is 2.05. The average Bonchev–Trinajstić information content (AvgIpc) is 1.63. The molecule has 0 aromatic heterocycles. The minimum atomic E-state index is 0.127. The van der Waals surface area contributed by atoms with Crippen LogP contribution in [0.15, 0.2) is 0 Å². The van der Waals surface area contributed by atoms with Crippen molar-refractivity contribution >= 4 is 0 Å². The van der Waals surface area contributed by atoms with Gasteiger partial charge in [-0.05, 0) is 20.8 Å². The predicted molar refractivity (Wildman–Crippen MR) is 39.7 cm³/mol. The van der Waals surface area contributed by atoms with Crippen LogP contribution in [0.4, 0.5) is 0 Å². The fourth-order valence-electron chi connectivity index (χ4n) is 0.320. The first kappa shape index (κ1) is 8.88. The molecule has 56 valence electrons. The first-order valence-electron chi connectivity index (χ1n) is 3.31. The zero-order valence-electron chi connectivity index (χ0n) is 6.71. The lowest BCUT2D eigenvalue weighted by Crippen LogP contribution is -2.52. The Morgan fingerprint density at radius 3 is 2.11 bits per heavy atom. The summed E-state index contributed by atoms with van der Waals surface area (Å²) in [6.45, 7) is 9.24. The van der Waals surface area contributed by atoms with Crippen molar-refractivity contribution in [2.45, 2.75) is 33.2 Å². The minimum absolute atomic E-state index is 0.127. The molecule has 0 aromatic rings. The van der Waals surface area contributed by atoms with Gasteiger partial charge in [0.1, 0.15) is 0 Å². The van der Waals surface area contributed by atoms with Gasteiger partial charge in [0, 0.05) is 12.1 Å². The number of hydrogen-bond donors (Lipinski definition) is 3. The molecule has 0 radical (unpaired) electrons. The Balaban J connectivity index is 3.07. The maximum atomic E-state index is 3.06. The lowest BCUT2D eigenvalue weighted by atomic mass is 10.1. The zero-order valence-corrected chi connectivity index (χ0v) is 6.71. The van der Waals surface area contributed by atoms with Crippen molar-refractivity contribution < 1.29 is 0 Å². The van der Waals surface area contributed by atoms with Crippen LogP contribution >= 0.6 is 0 Å². The Bertz CT molecular complexity index is 65.2. The second kappa shape index (κ2) is 3.82. The Labute approximate surface area is 57.2 Å². The highest BCUT2D eigenvalue weighted by atomic mass is 15.6. The van der Waals surface area contributed by atoms with Crippen molar-refractivity contribution in [2.24, 2.45) is 0 Å². The van der Waals surface area contributed by atoms with Crippen LogP contribution in [0.2, 0.25) is 0 Å². The quantitative estimate of drug-likeness (QED) is 0.383. The van der Waals surface area contributed by atoms with E-state index in [4.69, 9.17) is 0 Å². The van der Waals surface area contributed by atoms with Gasteiger partial charge in [-0.1, -0.05) is 6.92 Å². The first-order valence-corrected chi connectivity index (χ1v) is 3.31. The van der Waals surface area contributed by atoms with Crippen molar-refractivity contribution in [3.63, 3.8) is 0 Å². The van der Waals surface area contributed by atoms with E-state index in [9.17, 15) is 0 Å². The molecule has 0 aromatic carbocycles. The number of hydrogen-bond acceptors (Lipinski definition) is 3. The van der Waals surface area contributed by atoms with Crippen molar-refractivity contribution in [2.75, 3.05) is 6.54 Å². The summed E-state index contributed by atoms with van der Waals surface area (Å²) in [5.41, 5.74) is 9.01. The molecule has 9 heavy (non-hydrogen) atoms. The van der Waals surface area contributed by atoms with Crippen molar-refractivity contribution in [1.29, 1.82) is 0 Å². The maximum Gasteiger partial charge on any atom is 0.0252 e. The largest absolute Gasteiger partial charge is 0.244 e. The molecule has 0 saturated carbocycles. The van der Waals surface area contributed by atoms with Crippen LogP contribution < -0.4 is 16.4 Å². The van der Waals surface area contributed by atoms with Gasteiger partial charge in [0.2, 0.25) is 0 Å². The summed E-state index contributed by atoms with van der Waals surface area (Å²) in [5, 5.41) is 0. The average molecular weight is 131 g/mol. The summed E-state index contributed by atoms with van der Waals surface area (Å²) in [7, 11) is 0. The van der Waals surface area contributed by atoms with E-state index in [1.165, 1.54) is 0 Å². The van der Waals surface area contributed by atoms with Crippen LogP contribution in [0, 0.1) is 0 Å². The van der Waals surface area contributed by atoms with Gasteiger partial charge in [0.15, 0.2) is 0 Å². The van der Waals surface area contributed by atoms with E-state index < -0.39 is 0 Å². The summed E-state index contributed by atoms with van der Waals surface area (Å²) in [5.74, 6) is 0. The van der Waals surface area contributed by atoms with Crippen molar-refractivity contribution in [1.82, 2.24) is 16.4 Å². The third-order valence-electron chi connectivity index (χ3n) is 0.703. The molecule has 3 nitrogen and oxygen atoms in total. The molecule has 0 spiro atoms. The van der Waals surface area contributed by atoms with Gasteiger partial charge in [-0.2, -0.15) is 5.53 Å². The molecule has 0 saturated heterocycles. The Hall–Kier alpha value is -0.120. The molecule has 0 unspecified atom stereocenters. The van der Waals surface area contributed by atoms with E-state index in [-0.39, 0.29) is 5.54 Å². The van der Waals surface area contributed by atoms with Gasteiger partial charge >= 0.3 is 0 Å². The molecule has 0 fully saturated rings. The summed E-state index contributed by atoms with van der Waals surface area (Å²) >= 11 is 0. The standard InChI is InChI=1S/C6H17N3/c1-5-7-9-8-6(2,3)4/h7-9H,5H2,1-4H3. The molecule has 0 rings (SSSR count). The molecule has 3 heteroatoms. The van der Waals surface area contributed by atoms with Crippen LogP contribution in [0.1, 0.15) is 27.7 Å². The summed E-state index contributed by atoms with van der Waals surface area (Å²) in [4.78, 5) is 0. The van der Waals surface area contributed by atoms with Gasteiger partial charge in [0.05, 0.1) is 0 Å². The van der Waals surface area contributed by atoms with Crippen molar-refractivity contribution in [3.8, 4) is 0 Å². The first-order chi connectivity index (χ1) is 4.06. The zero-order chi connectivity index (χ0) is 7.33. The fraction of sp³-hybridized carbons (Fsp3) is 1.00. The van der Waals surface area contributed by atoms with Crippen LogP contribution in [0.5, 0.6) is 0 Å². The molecular weight excluding hydrogens is 114 g/mol. The summed E-state index contributed by atoms with van der Waals surface area (Å²) < 4.78 is 0. The van der Waals surface area contributed by atoms with E-state index in [0.717, 1.165) is 6.54 Å². The third-order valence-corrected chi connectivity index (χ3v) is 0.703. The molecule has 0 bridgehead atoms. The van der Waals surface area contributed by atoms with Crippen molar-refractivity contribution in [3.05, 3.63) is 0 Å². The molecule has 0 amide bonds. The van der Waals surface area contributed by atoms with Crippen LogP contribution in [0.3, 0.4) is 0 Å². The lowest BCUT2D eigenvalue weighted by molar-refractivity contribution is 0.318. The number of nitrogens with one attached hydrogen (secondary N) is 3. The van der Waals surface area contributed by atoms with Gasteiger partial charge in [0.25, 0.3) is 0 Å². The van der Waals surface area contributed by atoms with Gasteiger partial charge < -0.3 is 0 Å². The van der Waals surface area contributed by atoms with Crippen LogP contribution in [-0.4, -0.2) is 12.1 Å². The molecule has 0 aliphatic rings. The number of hydrazine groups is 2. The molecule has 0 atom stereocenters. The molecule has 3 N–H and O–H groups in total. The SMILES string of the molecule is CCNNNC(C)(C)C. The second-order valence-corrected chi connectivity index (χ2v) is 3.03. The Morgan fingerprint density at radius 2 is 1.78 bits per heavy atom. The predicted octanol–water partition coefficient (Wildman–Crippen LogP) is 0.404. The normalized spacial score (nSPS) is 12.0. The van der Waals surface area contributed by atoms with Gasteiger partial charge in [-0.15, -0.1) is 0 Å². The van der Waals surface area contributed by atoms with Crippen LogP contribution in [0.25, 0.3) is 0 Å². The van der Waals surface area contributed by atoms with Gasteiger partial charge in [-0.3, -0.25) is 0 Å². The smallest absolute Gasteiger partial charge is 0.0252 e. The topological polar surface area (TPSA) is 36.1 Å². The molecular formula is C6H17N3. The molecule has 0 aliphatic carbocycles. The van der Waals surface area contributed by atoms with E-state index in [0.29, 0.717) is 0 Å². The van der Waals surface area contributed by atoms with Crippen LogP contribution in [-0.2, 0) is 0 Å².